The van der Waals surface area contributed by atoms with Crippen molar-refractivity contribution in [2.75, 3.05) is 20.8 Å². The minimum Gasteiger partial charge on any atom is -0.385 e. The van der Waals surface area contributed by atoms with Gasteiger partial charge < -0.3 is 9.47 Å². The van der Waals surface area contributed by atoms with Crippen LogP contribution in [0.2, 0.25) is 0 Å². The maximum atomic E-state index is 11.7. The Kier molecular flexibility index (Phi) is 5.18. The van der Waals surface area contributed by atoms with E-state index in [4.69, 9.17) is 9.47 Å². The van der Waals surface area contributed by atoms with Crippen molar-refractivity contribution in [1.29, 1.82) is 0 Å². The Morgan fingerprint density at radius 1 is 1.38 bits per heavy atom. The van der Waals surface area contributed by atoms with E-state index in [1.165, 1.54) is 0 Å². The molecule has 0 bridgehead atoms. The van der Waals surface area contributed by atoms with Crippen LogP contribution in [0.3, 0.4) is 0 Å². The summed E-state index contributed by atoms with van der Waals surface area (Å²) in [6.07, 6.45) is 0.752. The maximum absolute atomic E-state index is 11.7. The Hall–Kier alpha value is -0.410. The molecule has 0 aromatic carbocycles. The summed E-state index contributed by atoms with van der Waals surface area (Å²) in [5.41, 5.74) is -0.673. The second-order valence-corrected chi connectivity index (χ2v) is 3.76. The average Bonchev–Trinajstić information content (AvgIpc) is 2.12. The number of rotatable bonds is 6. The highest BCUT2D eigenvalue weighted by Crippen LogP contribution is 2.17. The second kappa shape index (κ2) is 5.35. The van der Waals surface area contributed by atoms with E-state index >= 15 is 0 Å². The highest BCUT2D eigenvalue weighted by molar-refractivity contribution is 5.88. The van der Waals surface area contributed by atoms with Crippen molar-refractivity contribution in [2.45, 2.75) is 32.8 Å². The molecule has 0 spiro atoms. The zero-order chi connectivity index (χ0) is 10.5. The van der Waals surface area contributed by atoms with Crippen LogP contribution < -0.4 is 0 Å². The van der Waals surface area contributed by atoms with E-state index in [1.807, 2.05) is 6.92 Å². The van der Waals surface area contributed by atoms with Crippen LogP contribution in [-0.2, 0) is 14.3 Å². The standard InChI is InChI=1S/C10H20O3/c1-8(6-7-12-4)9(11)10(2,3)13-5/h8H,6-7H2,1-5H3. The lowest BCUT2D eigenvalue weighted by Crippen LogP contribution is -2.38. The van der Waals surface area contributed by atoms with Crippen LogP contribution >= 0.6 is 0 Å². The number of carbonyl (C=O) groups is 1. The van der Waals surface area contributed by atoms with E-state index in [1.54, 1.807) is 28.1 Å². The first kappa shape index (κ1) is 12.6. The van der Waals surface area contributed by atoms with Crippen molar-refractivity contribution < 1.29 is 14.3 Å². The highest BCUT2D eigenvalue weighted by Gasteiger charge is 2.30. The summed E-state index contributed by atoms with van der Waals surface area (Å²) in [5, 5.41) is 0. The molecule has 0 aliphatic heterocycles. The minimum atomic E-state index is -0.673. The molecule has 0 aromatic rings. The number of hydrogen-bond acceptors (Lipinski definition) is 3. The fraction of sp³-hybridized carbons (Fsp3) is 0.900. The van der Waals surface area contributed by atoms with Gasteiger partial charge in [0.15, 0.2) is 5.78 Å². The number of hydrogen-bond donors (Lipinski definition) is 0. The number of methoxy groups -OCH3 is 2. The molecule has 0 fully saturated rings. The molecule has 0 aliphatic rings. The molecule has 0 saturated carbocycles. The molecular formula is C10H20O3. The molecule has 0 N–H and O–H groups in total. The maximum Gasteiger partial charge on any atom is 0.166 e. The Morgan fingerprint density at radius 3 is 2.31 bits per heavy atom. The van der Waals surface area contributed by atoms with E-state index in [2.05, 4.69) is 0 Å². The first-order chi connectivity index (χ1) is 5.95. The van der Waals surface area contributed by atoms with Gasteiger partial charge in [-0.1, -0.05) is 6.92 Å². The minimum absolute atomic E-state index is 0.00472. The van der Waals surface area contributed by atoms with Gasteiger partial charge in [0.1, 0.15) is 5.60 Å². The van der Waals surface area contributed by atoms with Crippen LogP contribution in [0.15, 0.2) is 0 Å². The van der Waals surface area contributed by atoms with Crippen LogP contribution in [0.1, 0.15) is 27.2 Å². The first-order valence-electron chi connectivity index (χ1n) is 4.54. The van der Waals surface area contributed by atoms with Crippen molar-refractivity contribution in [3.8, 4) is 0 Å². The van der Waals surface area contributed by atoms with Gasteiger partial charge in [-0.3, -0.25) is 4.79 Å². The Balaban J connectivity index is 4.09. The molecule has 3 nitrogen and oxygen atoms in total. The lowest BCUT2D eigenvalue weighted by atomic mass is 9.91. The topological polar surface area (TPSA) is 35.5 Å². The van der Waals surface area contributed by atoms with E-state index in [0.717, 1.165) is 6.42 Å². The number of ether oxygens (including phenoxy) is 2. The summed E-state index contributed by atoms with van der Waals surface area (Å²) in [4.78, 5) is 11.7. The average molecular weight is 188 g/mol. The molecule has 0 aliphatic carbocycles. The smallest absolute Gasteiger partial charge is 0.166 e. The van der Waals surface area contributed by atoms with Gasteiger partial charge in [-0.15, -0.1) is 0 Å². The third-order valence-electron chi connectivity index (χ3n) is 2.31. The molecular weight excluding hydrogens is 168 g/mol. The second-order valence-electron chi connectivity index (χ2n) is 3.76. The predicted molar refractivity (Wildman–Crippen MR) is 51.8 cm³/mol. The SMILES string of the molecule is COCCC(C)C(=O)C(C)(C)OC. The van der Waals surface area contributed by atoms with Crippen molar-refractivity contribution in [2.24, 2.45) is 5.92 Å². The molecule has 0 radical (unpaired) electrons. The van der Waals surface area contributed by atoms with Gasteiger partial charge in [0.05, 0.1) is 0 Å². The van der Waals surface area contributed by atoms with Crippen molar-refractivity contribution in [3.05, 3.63) is 0 Å². The van der Waals surface area contributed by atoms with Crippen molar-refractivity contribution >= 4 is 5.78 Å². The molecule has 0 rings (SSSR count). The Morgan fingerprint density at radius 2 is 1.92 bits per heavy atom. The van der Waals surface area contributed by atoms with Crippen molar-refractivity contribution in [3.63, 3.8) is 0 Å². The number of ketones is 1. The summed E-state index contributed by atoms with van der Waals surface area (Å²) in [7, 11) is 3.19. The van der Waals surface area contributed by atoms with Crippen LogP contribution in [0.5, 0.6) is 0 Å². The molecule has 1 unspecified atom stereocenters. The summed E-state index contributed by atoms with van der Waals surface area (Å²) in [6.45, 7) is 6.10. The fourth-order valence-corrected chi connectivity index (χ4v) is 1.12. The van der Waals surface area contributed by atoms with Crippen molar-refractivity contribution in [1.82, 2.24) is 0 Å². The predicted octanol–water partition coefficient (Wildman–Crippen LogP) is 1.65. The summed E-state index contributed by atoms with van der Waals surface area (Å²) < 4.78 is 10.0. The molecule has 1 atom stereocenters. The molecule has 0 aromatic heterocycles. The van der Waals surface area contributed by atoms with E-state index in [9.17, 15) is 4.79 Å². The normalized spacial score (nSPS) is 14.2. The molecule has 0 saturated heterocycles. The van der Waals surface area contributed by atoms with Crippen LogP contribution in [0.25, 0.3) is 0 Å². The van der Waals surface area contributed by atoms with E-state index in [0.29, 0.717) is 6.61 Å². The largest absolute Gasteiger partial charge is 0.385 e. The van der Waals surface area contributed by atoms with Crippen LogP contribution in [-0.4, -0.2) is 32.2 Å². The monoisotopic (exact) mass is 188 g/mol. The quantitative estimate of drug-likeness (QED) is 0.636. The summed E-state index contributed by atoms with van der Waals surface area (Å²) in [5.74, 6) is 0.127. The number of Topliss-reactive ketones (excluding diaryl/α,β-unsaturated/α-hetero) is 1. The number of carbonyl (C=O) groups excluding carboxylic acids is 1. The van der Waals surface area contributed by atoms with Gasteiger partial charge in [0, 0.05) is 26.7 Å². The van der Waals surface area contributed by atoms with Gasteiger partial charge in [-0.2, -0.15) is 0 Å². The molecule has 0 heterocycles. The fourth-order valence-electron chi connectivity index (χ4n) is 1.12. The van der Waals surface area contributed by atoms with Gasteiger partial charge in [0.2, 0.25) is 0 Å². The van der Waals surface area contributed by atoms with Gasteiger partial charge in [-0.25, -0.2) is 0 Å². The Bertz CT molecular complexity index is 164. The van der Waals surface area contributed by atoms with Gasteiger partial charge in [-0.05, 0) is 20.3 Å². The third kappa shape index (κ3) is 3.87. The molecule has 13 heavy (non-hydrogen) atoms. The molecule has 3 heteroatoms. The third-order valence-corrected chi connectivity index (χ3v) is 2.31. The highest BCUT2D eigenvalue weighted by atomic mass is 16.5. The van der Waals surface area contributed by atoms with E-state index in [-0.39, 0.29) is 11.7 Å². The summed E-state index contributed by atoms with van der Waals surface area (Å²) in [6, 6.07) is 0. The molecule has 0 amide bonds. The van der Waals surface area contributed by atoms with E-state index < -0.39 is 5.60 Å². The Labute approximate surface area is 80.4 Å². The van der Waals surface area contributed by atoms with Crippen LogP contribution in [0.4, 0.5) is 0 Å². The zero-order valence-corrected chi connectivity index (χ0v) is 9.22. The van der Waals surface area contributed by atoms with Gasteiger partial charge >= 0.3 is 0 Å². The van der Waals surface area contributed by atoms with Gasteiger partial charge in [0.25, 0.3) is 0 Å². The lowest BCUT2D eigenvalue weighted by Gasteiger charge is -2.24. The lowest BCUT2D eigenvalue weighted by molar-refractivity contribution is -0.141. The zero-order valence-electron chi connectivity index (χ0n) is 9.22. The first-order valence-corrected chi connectivity index (χ1v) is 4.54. The van der Waals surface area contributed by atoms with Crippen LogP contribution in [0, 0.1) is 5.92 Å². The summed E-state index contributed by atoms with van der Waals surface area (Å²) >= 11 is 0. The molecule has 78 valence electrons.